The Hall–Kier alpha value is -2.12. The Morgan fingerprint density at radius 1 is 1.16 bits per heavy atom. The number of carbonyl (C=O) groups excluding carboxylic acids is 1. The molecule has 1 rings (SSSR count). The first-order valence-electron chi connectivity index (χ1n) is 8.40. The number of ether oxygens (including phenoxy) is 2. The van der Waals surface area contributed by atoms with Crippen LogP contribution in [0.15, 0.2) is 29.3 Å². The lowest BCUT2D eigenvalue weighted by molar-refractivity contribution is 0.0733. The van der Waals surface area contributed by atoms with E-state index >= 15 is 0 Å². The SMILES string of the molecule is CN=C(NCCOCCOC)NCCc1cccc(C(=O)N(C)C)c1. The first kappa shape index (κ1) is 20.9. The third-order valence-electron chi connectivity index (χ3n) is 3.48. The summed E-state index contributed by atoms with van der Waals surface area (Å²) in [5.41, 5.74) is 1.82. The van der Waals surface area contributed by atoms with Gasteiger partial charge in [0.05, 0.1) is 19.8 Å². The largest absolute Gasteiger partial charge is 0.382 e. The number of methoxy groups -OCH3 is 1. The molecule has 7 heteroatoms. The molecule has 1 amide bonds. The predicted octanol–water partition coefficient (Wildman–Crippen LogP) is 0.759. The minimum Gasteiger partial charge on any atom is -0.382 e. The fraction of sp³-hybridized carbons (Fsp3) is 0.556. The number of aliphatic imine (C=N–C) groups is 1. The maximum absolute atomic E-state index is 12.0. The van der Waals surface area contributed by atoms with Crippen LogP contribution in [-0.4, -0.2) is 77.9 Å². The fourth-order valence-electron chi connectivity index (χ4n) is 2.15. The zero-order valence-electron chi connectivity index (χ0n) is 15.7. The summed E-state index contributed by atoms with van der Waals surface area (Å²) in [4.78, 5) is 17.8. The van der Waals surface area contributed by atoms with E-state index in [4.69, 9.17) is 9.47 Å². The van der Waals surface area contributed by atoms with E-state index < -0.39 is 0 Å². The van der Waals surface area contributed by atoms with Crippen molar-refractivity contribution in [3.05, 3.63) is 35.4 Å². The van der Waals surface area contributed by atoms with E-state index in [1.54, 1.807) is 33.2 Å². The van der Waals surface area contributed by atoms with E-state index in [0.717, 1.165) is 24.5 Å². The molecule has 2 N–H and O–H groups in total. The normalized spacial score (nSPS) is 11.3. The quantitative estimate of drug-likeness (QED) is 0.370. The van der Waals surface area contributed by atoms with Crippen LogP contribution in [0, 0.1) is 0 Å². The summed E-state index contributed by atoms with van der Waals surface area (Å²) in [6.07, 6.45) is 0.805. The summed E-state index contributed by atoms with van der Waals surface area (Å²) in [6.45, 7) is 3.19. The second-order valence-corrected chi connectivity index (χ2v) is 5.68. The highest BCUT2D eigenvalue weighted by molar-refractivity contribution is 5.94. The number of nitrogens with zero attached hydrogens (tertiary/aromatic N) is 2. The van der Waals surface area contributed by atoms with Gasteiger partial charge in [-0.1, -0.05) is 12.1 Å². The molecule has 0 saturated carbocycles. The predicted molar refractivity (Wildman–Crippen MR) is 100 cm³/mol. The highest BCUT2D eigenvalue weighted by Crippen LogP contribution is 2.07. The van der Waals surface area contributed by atoms with Crippen molar-refractivity contribution in [2.75, 3.05) is 61.2 Å². The van der Waals surface area contributed by atoms with E-state index in [0.29, 0.717) is 31.9 Å². The topological polar surface area (TPSA) is 75.2 Å². The Morgan fingerprint density at radius 3 is 2.60 bits per heavy atom. The van der Waals surface area contributed by atoms with E-state index in [2.05, 4.69) is 15.6 Å². The van der Waals surface area contributed by atoms with Gasteiger partial charge in [0.1, 0.15) is 0 Å². The highest BCUT2D eigenvalue weighted by atomic mass is 16.5. The van der Waals surface area contributed by atoms with Gasteiger partial charge in [-0.05, 0) is 24.1 Å². The molecule has 25 heavy (non-hydrogen) atoms. The minimum absolute atomic E-state index is 0.0146. The van der Waals surface area contributed by atoms with Gasteiger partial charge in [-0.25, -0.2) is 0 Å². The van der Waals surface area contributed by atoms with Crippen LogP contribution in [0.3, 0.4) is 0 Å². The van der Waals surface area contributed by atoms with Crippen molar-refractivity contribution in [2.24, 2.45) is 4.99 Å². The summed E-state index contributed by atoms with van der Waals surface area (Å²) in [5, 5.41) is 6.44. The summed E-state index contributed by atoms with van der Waals surface area (Å²) in [5.74, 6) is 0.747. The average molecular weight is 350 g/mol. The lowest BCUT2D eigenvalue weighted by atomic mass is 10.1. The van der Waals surface area contributed by atoms with E-state index in [1.165, 1.54) is 0 Å². The molecule has 0 saturated heterocycles. The second kappa shape index (κ2) is 12.3. The lowest BCUT2D eigenvalue weighted by Crippen LogP contribution is -2.39. The van der Waals surface area contributed by atoms with Crippen LogP contribution >= 0.6 is 0 Å². The lowest BCUT2D eigenvalue weighted by Gasteiger charge is -2.13. The van der Waals surface area contributed by atoms with Gasteiger partial charge in [-0.3, -0.25) is 9.79 Å². The van der Waals surface area contributed by atoms with Gasteiger partial charge < -0.3 is 25.0 Å². The number of amides is 1. The molecule has 1 aromatic carbocycles. The fourth-order valence-corrected chi connectivity index (χ4v) is 2.15. The Kier molecular flexibility index (Phi) is 10.3. The molecular weight excluding hydrogens is 320 g/mol. The van der Waals surface area contributed by atoms with Gasteiger partial charge in [-0.2, -0.15) is 0 Å². The van der Waals surface area contributed by atoms with Crippen molar-refractivity contribution in [3.8, 4) is 0 Å². The maximum atomic E-state index is 12.0. The van der Waals surface area contributed by atoms with Crippen molar-refractivity contribution < 1.29 is 14.3 Å². The molecular formula is C18H30N4O3. The van der Waals surface area contributed by atoms with Gasteiger partial charge in [0, 0.05) is 46.9 Å². The first-order valence-corrected chi connectivity index (χ1v) is 8.40. The van der Waals surface area contributed by atoms with Gasteiger partial charge in [0.2, 0.25) is 0 Å². The van der Waals surface area contributed by atoms with Crippen molar-refractivity contribution in [1.82, 2.24) is 15.5 Å². The third kappa shape index (κ3) is 8.51. The van der Waals surface area contributed by atoms with Gasteiger partial charge in [-0.15, -0.1) is 0 Å². The average Bonchev–Trinajstić information content (AvgIpc) is 2.62. The smallest absolute Gasteiger partial charge is 0.253 e. The van der Waals surface area contributed by atoms with Crippen molar-refractivity contribution in [3.63, 3.8) is 0 Å². The van der Waals surface area contributed by atoms with E-state index in [9.17, 15) is 4.79 Å². The Morgan fingerprint density at radius 2 is 1.92 bits per heavy atom. The van der Waals surface area contributed by atoms with Crippen LogP contribution < -0.4 is 10.6 Å². The number of nitrogens with one attached hydrogen (secondary N) is 2. The number of hydrogen-bond acceptors (Lipinski definition) is 4. The Balaban J connectivity index is 2.33. The minimum atomic E-state index is 0.0146. The molecule has 0 spiro atoms. The van der Waals surface area contributed by atoms with Crippen molar-refractivity contribution in [1.29, 1.82) is 0 Å². The third-order valence-corrected chi connectivity index (χ3v) is 3.48. The summed E-state index contributed by atoms with van der Waals surface area (Å²) < 4.78 is 10.3. The summed E-state index contributed by atoms with van der Waals surface area (Å²) >= 11 is 0. The molecule has 0 fully saturated rings. The second-order valence-electron chi connectivity index (χ2n) is 5.68. The summed E-state index contributed by atoms with van der Waals surface area (Å²) in [6, 6.07) is 7.71. The number of carbonyl (C=O) groups is 1. The molecule has 1 aromatic rings. The number of hydrogen-bond donors (Lipinski definition) is 2. The number of guanidine groups is 1. The molecule has 0 bridgehead atoms. The monoisotopic (exact) mass is 350 g/mol. The van der Waals surface area contributed by atoms with E-state index in [1.807, 2.05) is 24.3 Å². The van der Waals surface area contributed by atoms with E-state index in [-0.39, 0.29) is 5.91 Å². The molecule has 0 aliphatic carbocycles. The van der Waals surface area contributed by atoms with Crippen LogP contribution in [0.2, 0.25) is 0 Å². The van der Waals surface area contributed by atoms with Crippen molar-refractivity contribution in [2.45, 2.75) is 6.42 Å². The zero-order chi connectivity index (χ0) is 18.5. The Labute approximate surface area is 150 Å². The van der Waals surface area contributed by atoms with Gasteiger partial charge >= 0.3 is 0 Å². The molecule has 0 aliphatic heterocycles. The van der Waals surface area contributed by atoms with Gasteiger partial charge in [0.15, 0.2) is 5.96 Å². The standard InChI is InChI=1S/C18H30N4O3/c1-19-18(21-10-11-25-13-12-24-4)20-9-8-15-6-5-7-16(14-15)17(23)22(2)3/h5-7,14H,8-13H2,1-4H3,(H2,19,20,21). The molecule has 140 valence electrons. The molecule has 7 nitrogen and oxygen atoms in total. The molecule has 0 radical (unpaired) electrons. The molecule has 0 aliphatic rings. The first-order chi connectivity index (χ1) is 12.1. The Bertz CT molecular complexity index is 547. The number of benzene rings is 1. The molecule has 0 aromatic heterocycles. The van der Waals surface area contributed by atoms with Crippen LogP contribution in [0.5, 0.6) is 0 Å². The highest BCUT2D eigenvalue weighted by Gasteiger charge is 2.08. The molecule has 0 unspecified atom stereocenters. The van der Waals surface area contributed by atoms with Crippen LogP contribution in [0.1, 0.15) is 15.9 Å². The number of rotatable bonds is 10. The summed E-state index contributed by atoms with van der Waals surface area (Å²) in [7, 11) is 6.90. The maximum Gasteiger partial charge on any atom is 0.253 e. The van der Waals surface area contributed by atoms with Gasteiger partial charge in [0.25, 0.3) is 5.91 Å². The van der Waals surface area contributed by atoms with Crippen LogP contribution in [0.25, 0.3) is 0 Å². The van der Waals surface area contributed by atoms with Crippen molar-refractivity contribution >= 4 is 11.9 Å². The molecule has 0 atom stereocenters. The van der Waals surface area contributed by atoms with Crippen LogP contribution in [0.4, 0.5) is 0 Å². The van der Waals surface area contributed by atoms with Crippen LogP contribution in [-0.2, 0) is 15.9 Å². The molecule has 0 heterocycles. The zero-order valence-corrected chi connectivity index (χ0v) is 15.7.